The third-order valence-electron chi connectivity index (χ3n) is 8.50. The Morgan fingerprint density at radius 2 is 1.70 bits per heavy atom. The minimum Gasteiger partial charge on any atom is -0.475 e. The van der Waals surface area contributed by atoms with Crippen molar-refractivity contribution < 1.29 is 28.8 Å². The molecular formula is C33H42N4O6S. The lowest BCUT2D eigenvalue weighted by molar-refractivity contribution is -0.232. The standard InChI is InChI=1S/C33H40N4O6S.H2/c1-21-8-6-9-22(2)29(21)27-15-28-35-31(34-27)36-44(39,40)26-11-7-10-24(14-26)30(38)37(25(20-41-28)18-32(3,4)5)19-23-16-33(17-23)42-12-13-43-33;/h6-11,14-15,23,25H,12-13,16-20H2,1-5H3,(H,34,35,36);1H/t25-;/m1./s1. The van der Waals surface area contributed by atoms with Crippen LogP contribution in [0.15, 0.2) is 53.4 Å². The summed E-state index contributed by atoms with van der Waals surface area (Å²) in [4.78, 5) is 25.1. The fourth-order valence-electron chi connectivity index (χ4n) is 6.54. The highest BCUT2D eigenvalue weighted by Gasteiger charge is 2.50. The van der Waals surface area contributed by atoms with Crippen molar-refractivity contribution in [3.63, 3.8) is 0 Å². The van der Waals surface area contributed by atoms with E-state index in [1.54, 1.807) is 18.2 Å². The van der Waals surface area contributed by atoms with Crippen molar-refractivity contribution >= 4 is 21.9 Å². The summed E-state index contributed by atoms with van der Waals surface area (Å²) in [5, 5.41) is 0. The van der Waals surface area contributed by atoms with Crippen LogP contribution in [0.1, 0.15) is 62.9 Å². The van der Waals surface area contributed by atoms with Gasteiger partial charge in [-0.2, -0.15) is 4.98 Å². The molecule has 10 nitrogen and oxygen atoms in total. The van der Waals surface area contributed by atoms with Crippen LogP contribution < -0.4 is 9.46 Å². The Kier molecular flexibility index (Phi) is 7.92. The first-order valence-electron chi connectivity index (χ1n) is 15.1. The van der Waals surface area contributed by atoms with Crippen molar-refractivity contribution in [1.29, 1.82) is 0 Å². The van der Waals surface area contributed by atoms with Gasteiger partial charge in [0.15, 0.2) is 5.79 Å². The molecule has 1 amide bonds. The molecule has 1 N–H and O–H groups in total. The van der Waals surface area contributed by atoms with Crippen LogP contribution >= 0.6 is 0 Å². The lowest BCUT2D eigenvalue weighted by Crippen LogP contribution is -2.53. The van der Waals surface area contributed by atoms with Gasteiger partial charge in [0, 0.05) is 38.0 Å². The summed E-state index contributed by atoms with van der Waals surface area (Å²) in [6, 6.07) is 13.5. The van der Waals surface area contributed by atoms with Gasteiger partial charge in [-0.15, -0.1) is 0 Å². The Morgan fingerprint density at radius 1 is 1.02 bits per heavy atom. The summed E-state index contributed by atoms with van der Waals surface area (Å²) in [5.41, 5.74) is 3.56. The fraction of sp³-hybridized carbons (Fsp3) is 0.485. The van der Waals surface area contributed by atoms with Crippen LogP contribution in [0.2, 0.25) is 0 Å². The molecule has 11 heteroatoms. The van der Waals surface area contributed by atoms with E-state index in [0.29, 0.717) is 44.7 Å². The number of nitrogens with zero attached hydrogens (tertiary/aromatic N) is 3. The SMILES string of the molecule is Cc1cccc(C)c1-c1cc2nc(n1)NS(=O)(=O)c1cccc(c1)C(=O)N(CC1CC3(C1)OCCO3)[C@H](CC(C)(C)C)CO2.[HH]. The molecule has 3 aliphatic rings. The molecule has 1 saturated heterocycles. The van der Waals surface area contributed by atoms with E-state index < -0.39 is 15.8 Å². The Hall–Kier alpha value is -3.54. The minimum atomic E-state index is -4.13. The van der Waals surface area contributed by atoms with Crippen LogP contribution in [0.25, 0.3) is 11.3 Å². The first kappa shape index (κ1) is 30.5. The molecular weight excluding hydrogens is 580 g/mol. The normalized spacial score (nSPS) is 21.4. The number of carbonyl (C=O) groups is 1. The first-order valence-corrected chi connectivity index (χ1v) is 16.6. The summed E-state index contributed by atoms with van der Waals surface area (Å²) in [6.07, 6.45) is 2.06. The number of hydrogen-bond acceptors (Lipinski definition) is 8. The van der Waals surface area contributed by atoms with E-state index in [0.717, 1.165) is 16.7 Å². The molecule has 44 heavy (non-hydrogen) atoms. The van der Waals surface area contributed by atoms with Crippen molar-refractivity contribution in [3.8, 4) is 17.1 Å². The molecule has 0 unspecified atom stereocenters. The summed E-state index contributed by atoms with van der Waals surface area (Å²) >= 11 is 0. The number of nitrogens with one attached hydrogen (secondary N) is 1. The molecule has 1 aromatic heterocycles. The minimum absolute atomic E-state index is 0. The van der Waals surface area contributed by atoms with Gasteiger partial charge in [0.2, 0.25) is 11.8 Å². The first-order chi connectivity index (χ1) is 20.8. The Morgan fingerprint density at radius 3 is 2.39 bits per heavy atom. The molecule has 2 aliphatic heterocycles. The number of anilines is 1. The molecule has 236 valence electrons. The monoisotopic (exact) mass is 622 g/mol. The average molecular weight is 623 g/mol. The number of aromatic nitrogens is 2. The summed E-state index contributed by atoms with van der Waals surface area (Å²) in [7, 11) is -4.13. The third kappa shape index (κ3) is 6.31. The van der Waals surface area contributed by atoms with Gasteiger partial charge in [0.1, 0.15) is 6.61 Å². The molecule has 4 bridgehead atoms. The van der Waals surface area contributed by atoms with Gasteiger partial charge < -0.3 is 19.1 Å². The van der Waals surface area contributed by atoms with E-state index in [1.165, 1.54) is 12.1 Å². The predicted molar refractivity (Wildman–Crippen MR) is 168 cm³/mol. The molecule has 2 aromatic carbocycles. The maximum absolute atomic E-state index is 14.3. The lowest BCUT2D eigenvalue weighted by atomic mass is 9.77. The number of ether oxygens (including phenoxy) is 3. The van der Waals surface area contributed by atoms with E-state index in [1.807, 2.05) is 36.9 Å². The van der Waals surface area contributed by atoms with Crippen LogP contribution in [0.4, 0.5) is 5.95 Å². The Bertz CT molecular complexity index is 1660. The number of aryl methyl sites for hydroxylation is 2. The van der Waals surface area contributed by atoms with Crippen molar-refractivity contribution in [2.45, 2.75) is 70.6 Å². The van der Waals surface area contributed by atoms with Crippen molar-refractivity contribution in [2.75, 3.05) is 31.1 Å². The summed E-state index contributed by atoms with van der Waals surface area (Å²) < 4.78 is 47.8. The zero-order valence-electron chi connectivity index (χ0n) is 25.9. The molecule has 3 aromatic rings. The maximum Gasteiger partial charge on any atom is 0.264 e. The van der Waals surface area contributed by atoms with Crippen LogP contribution in [0, 0.1) is 25.2 Å². The number of rotatable bonds is 4. The molecule has 6 rings (SSSR count). The molecule has 1 saturated carbocycles. The smallest absolute Gasteiger partial charge is 0.264 e. The molecule has 1 spiro atoms. The van der Waals surface area contributed by atoms with E-state index in [4.69, 9.17) is 14.2 Å². The van der Waals surface area contributed by atoms with Gasteiger partial charge in [0.25, 0.3) is 15.9 Å². The predicted octanol–water partition coefficient (Wildman–Crippen LogP) is 5.60. The van der Waals surface area contributed by atoms with Crippen LogP contribution in [-0.4, -0.2) is 67.4 Å². The molecule has 1 aliphatic carbocycles. The number of benzene rings is 2. The quantitative estimate of drug-likeness (QED) is 0.399. The maximum atomic E-state index is 14.3. The van der Waals surface area contributed by atoms with Crippen LogP contribution in [-0.2, 0) is 19.5 Å². The van der Waals surface area contributed by atoms with E-state index in [9.17, 15) is 13.2 Å². The third-order valence-corrected chi connectivity index (χ3v) is 9.82. The van der Waals surface area contributed by atoms with Gasteiger partial charge >= 0.3 is 0 Å². The molecule has 3 heterocycles. The van der Waals surface area contributed by atoms with E-state index >= 15 is 0 Å². The van der Waals surface area contributed by atoms with Crippen molar-refractivity contribution in [2.24, 2.45) is 11.3 Å². The van der Waals surface area contributed by atoms with Crippen LogP contribution in [0.5, 0.6) is 5.88 Å². The van der Waals surface area contributed by atoms with Crippen molar-refractivity contribution in [1.82, 2.24) is 14.9 Å². The van der Waals surface area contributed by atoms with Gasteiger partial charge in [-0.25, -0.2) is 18.1 Å². The number of carbonyl (C=O) groups excluding carboxylic acids is 1. The van der Waals surface area contributed by atoms with Gasteiger partial charge in [-0.1, -0.05) is 45.0 Å². The van der Waals surface area contributed by atoms with Crippen LogP contribution in [0.3, 0.4) is 0 Å². The second-order valence-electron chi connectivity index (χ2n) is 13.4. The van der Waals surface area contributed by atoms with Crippen molar-refractivity contribution in [3.05, 3.63) is 65.2 Å². The van der Waals surface area contributed by atoms with Gasteiger partial charge in [-0.05, 0) is 60.9 Å². The highest BCUT2D eigenvalue weighted by molar-refractivity contribution is 7.92. The average Bonchev–Trinajstić information content (AvgIpc) is 3.42. The number of amides is 1. The zero-order valence-corrected chi connectivity index (χ0v) is 26.7. The van der Waals surface area contributed by atoms with Gasteiger partial charge in [0.05, 0.1) is 29.8 Å². The van der Waals surface area contributed by atoms with Gasteiger partial charge in [-0.3, -0.25) is 4.79 Å². The molecule has 0 radical (unpaired) electrons. The van der Waals surface area contributed by atoms with E-state index in [2.05, 4.69) is 35.5 Å². The largest absolute Gasteiger partial charge is 0.475 e. The Labute approximate surface area is 260 Å². The van der Waals surface area contributed by atoms with E-state index in [-0.39, 0.29) is 53.6 Å². The second kappa shape index (κ2) is 11.4. The fourth-order valence-corrected chi connectivity index (χ4v) is 7.53. The number of hydrogen-bond donors (Lipinski definition) is 1. The zero-order chi connectivity index (χ0) is 31.3. The molecule has 1 atom stereocenters. The highest BCUT2D eigenvalue weighted by atomic mass is 32.2. The summed E-state index contributed by atoms with van der Waals surface area (Å²) in [6.45, 7) is 12.2. The topological polar surface area (TPSA) is 120 Å². The number of sulfonamides is 1. The Balaban J connectivity index is 0.00000400. The molecule has 2 fully saturated rings. The number of fused-ring (bicyclic) bond motifs is 4. The summed E-state index contributed by atoms with van der Waals surface area (Å²) in [5.74, 6) is -0.498. The lowest BCUT2D eigenvalue weighted by Gasteiger charge is -2.46. The second-order valence-corrected chi connectivity index (χ2v) is 15.1. The highest BCUT2D eigenvalue weighted by Crippen LogP contribution is 2.45.